The van der Waals surface area contributed by atoms with E-state index < -0.39 is 36.0 Å². The van der Waals surface area contributed by atoms with Crippen LogP contribution in [0, 0.1) is 0 Å². The van der Waals surface area contributed by atoms with Crippen LogP contribution in [0.4, 0.5) is 5.95 Å². The maximum atomic E-state index is 12.2. The van der Waals surface area contributed by atoms with Crippen molar-refractivity contribution in [2.24, 2.45) is 0 Å². The number of amides is 1. The Balaban J connectivity index is 1.80. The lowest BCUT2D eigenvalue weighted by Crippen LogP contribution is -2.43. The molecule has 1 saturated heterocycles. The molecule has 1 amide bonds. The minimum atomic E-state index is -1.46. The molecule has 1 aliphatic rings. The predicted molar refractivity (Wildman–Crippen MR) is 88.0 cm³/mol. The molecule has 0 aromatic carbocycles. The molecular weight excluding hydrogens is 348 g/mol. The van der Waals surface area contributed by atoms with E-state index in [2.05, 4.69) is 20.3 Å². The summed E-state index contributed by atoms with van der Waals surface area (Å²) in [5.41, 5.74) is 5.05. The highest BCUT2D eigenvalue weighted by atomic mass is 16.6. The molecule has 4 atom stereocenters. The van der Waals surface area contributed by atoms with E-state index in [1.807, 2.05) is 0 Å². The molecule has 26 heavy (non-hydrogen) atoms. The van der Waals surface area contributed by atoms with Gasteiger partial charge in [-0.3, -0.25) is 19.1 Å². The van der Waals surface area contributed by atoms with Crippen molar-refractivity contribution in [3.63, 3.8) is 0 Å². The Morgan fingerprint density at radius 2 is 2.27 bits per heavy atom. The van der Waals surface area contributed by atoms with Crippen molar-refractivity contribution in [2.75, 3.05) is 26.0 Å². The highest BCUT2D eigenvalue weighted by Gasteiger charge is 2.47. The maximum Gasteiger partial charge on any atom is 0.280 e. The Kier molecular flexibility index (Phi) is 5.18. The average molecular weight is 368 g/mol. The van der Waals surface area contributed by atoms with Crippen LogP contribution < -0.4 is 16.6 Å². The molecule has 0 aliphatic carbocycles. The standard InChI is InChI=1S/C14H20N6O6/c1-25-4-2-3-16-12(24)9-7(21)8(22)13(26-9)20-5-17-6-10(20)18-14(15)19-11(6)23/h5,7-9,13,21-22H,2-4H2,1H3,(H,16,24)(H3,15,18,19,23)/t7-,8+,9-,13+/m0/s1. The van der Waals surface area contributed by atoms with Gasteiger partial charge in [-0.25, -0.2) is 4.98 Å². The molecule has 2 aromatic rings. The molecule has 142 valence electrons. The second kappa shape index (κ2) is 7.37. The van der Waals surface area contributed by atoms with Crippen molar-refractivity contribution in [2.45, 2.75) is 31.0 Å². The minimum Gasteiger partial charge on any atom is -0.387 e. The molecule has 1 fully saturated rings. The van der Waals surface area contributed by atoms with Gasteiger partial charge < -0.3 is 30.7 Å². The smallest absolute Gasteiger partial charge is 0.280 e. The number of fused-ring (bicyclic) bond motifs is 1. The van der Waals surface area contributed by atoms with Crippen molar-refractivity contribution in [1.29, 1.82) is 0 Å². The number of nitrogen functional groups attached to an aromatic ring is 1. The Morgan fingerprint density at radius 3 is 3.00 bits per heavy atom. The van der Waals surface area contributed by atoms with Crippen LogP contribution in [-0.2, 0) is 14.3 Å². The number of aromatic amines is 1. The molecule has 3 heterocycles. The largest absolute Gasteiger partial charge is 0.387 e. The Morgan fingerprint density at radius 1 is 1.50 bits per heavy atom. The second-order valence-corrected chi connectivity index (χ2v) is 5.84. The fraction of sp³-hybridized carbons (Fsp3) is 0.571. The van der Waals surface area contributed by atoms with E-state index in [1.165, 1.54) is 10.9 Å². The van der Waals surface area contributed by atoms with Crippen LogP contribution in [0.25, 0.3) is 11.2 Å². The number of aromatic nitrogens is 4. The van der Waals surface area contributed by atoms with Gasteiger partial charge in [-0.2, -0.15) is 4.98 Å². The topological polar surface area (TPSA) is 178 Å². The van der Waals surface area contributed by atoms with Gasteiger partial charge in [0, 0.05) is 20.3 Å². The van der Waals surface area contributed by atoms with Crippen molar-refractivity contribution < 1.29 is 24.5 Å². The van der Waals surface area contributed by atoms with Gasteiger partial charge in [-0.1, -0.05) is 0 Å². The van der Waals surface area contributed by atoms with Crippen LogP contribution in [0.5, 0.6) is 0 Å². The summed E-state index contributed by atoms with van der Waals surface area (Å²) in [6, 6.07) is 0. The summed E-state index contributed by atoms with van der Waals surface area (Å²) in [7, 11) is 1.55. The van der Waals surface area contributed by atoms with Crippen molar-refractivity contribution in [3.8, 4) is 0 Å². The van der Waals surface area contributed by atoms with Crippen LogP contribution in [0.3, 0.4) is 0 Å². The van der Waals surface area contributed by atoms with Crippen LogP contribution in [0.1, 0.15) is 12.6 Å². The van der Waals surface area contributed by atoms with Crippen molar-refractivity contribution in [1.82, 2.24) is 24.8 Å². The lowest BCUT2D eigenvalue weighted by molar-refractivity contribution is -0.137. The molecule has 0 saturated carbocycles. The molecule has 1 aliphatic heterocycles. The molecule has 2 aromatic heterocycles. The van der Waals surface area contributed by atoms with Gasteiger partial charge in [-0.05, 0) is 6.42 Å². The zero-order chi connectivity index (χ0) is 18.8. The third-order valence-corrected chi connectivity index (χ3v) is 4.05. The van der Waals surface area contributed by atoms with Gasteiger partial charge in [0.25, 0.3) is 11.5 Å². The second-order valence-electron chi connectivity index (χ2n) is 5.84. The highest BCUT2D eigenvalue weighted by molar-refractivity contribution is 5.82. The first-order valence-electron chi connectivity index (χ1n) is 7.94. The Labute approximate surface area is 146 Å². The summed E-state index contributed by atoms with van der Waals surface area (Å²) < 4.78 is 11.7. The normalized spacial score (nSPS) is 25.7. The molecular formula is C14H20N6O6. The quantitative estimate of drug-likeness (QED) is 0.344. The number of aliphatic hydroxyl groups is 2. The first kappa shape index (κ1) is 18.3. The third kappa shape index (κ3) is 3.26. The maximum absolute atomic E-state index is 12.2. The number of anilines is 1. The van der Waals surface area contributed by atoms with E-state index in [4.69, 9.17) is 15.2 Å². The lowest BCUT2D eigenvalue weighted by atomic mass is 10.1. The molecule has 3 rings (SSSR count). The first-order chi connectivity index (χ1) is 12.4. The molecule has 12 heteroatoms. The van der Waals surface area contributed by atoms with Crippen LogP contribution in [0.15, 0.2) is 11.1 Å². The summed E-state index contributed by atoms with van der Waals surface area (Å²) in [6.45, 7) is 0.809. The molecule has 0 radical (unpaired) electrons. The molecule has 6 N–H and O–H groups in total. The number of hydrogen-bond donors (Lipinski definition) is 5. The number of hydrogen-bond acceptors (Lipinski definition) is 9. The lowest BCUT2D eigenvalue weighted by Gasteiger charge is -2.16. The van der Waals surface area contributed by atoms with E-state index >= 15 is 0 Å². The number of methoxy groups -OCH3 is 1. The van der Waals surface area contributed by atoms with E-state index in [9.17, 15) is 19.8 Å². The van der Waals surface area contributed by atoms with Crippen molar-refractivity contribution >= 4 is 23.0 Å². The average Bonchev–Trinajstić information content (AvgIpc) is 3.14. The van der Waals surface area contributed by atoms with E-state index in [-0.39, 0.29) is 17.1 Å². The predicted octanol–water partition coefficient (Wildman–Crippen LogP) is -2.53. The molecule has 0 unspecified atom stereocenters. The van der Waals surface area contributed by atoms with Gasteiger partial charge >= 0.3 is 0 Å². The van der Waals surface area contributed by atoms with Crippen LogP contribution >= 0.6 is 0 Å². The monoisotopic (exact) mass is 368 g/mol. The number of carbonyl (C=O) groups is 1. The summed E-state index contributed by atoms with van der Waals surface area (Å²) in [5, 5.41) is 23.1. The van der Waals surface area contributed by atoms with Gasteiger partial charge in [-0.15, -0.1) is 0 Å². The number of rotatable bonds is 6. The van der Waals surface area contributed by atoms with Gasteiger partial charge in [0.1, 0.15) is 12.2 Å². The fourth-order valence-corrected chi connectivity index (χ4v) is 2.76. The van der Waals surface area contributed by atoms with Crippen molar-refractivity contribution in [3.05, 3.63) is 16.7 Å². The number of H-pyrrole nitrogens is 1. The molecule has 0 spiro atoms. The fourth-order valence-electron chi connectivity index (χ4n) is 2.76. The summed E-state index contributed by atoms with van der Waals surface area (Å²) >= 11 is 0. The summed E-state index contributed by atoms with van der Waals surface area (Å²) in [6.07, 6.45) is -3.50. The number of imidazole rings is 1. The van der Waals surface area contributed by atoms with Crippen LogP contribution in [0.2, 0.25) is 0 Å². The first-order valence-corrected chi connectivity index (χ1v) is 7.94. The number of nitrogens with one attached hydrogen (secondary N) is 2. The number of nitrogens with zero attached hydrogens (tertiary/aromatic N) is 3. The number of carbonyl (C=O) groups excluding carboxylic acids is 1. The van der Waals surface area contributed by atoms with Gasteiger partial charge in [0.15, 0.2) is 23.5 Å². The van der Waals surface area contributed by atoms with Crippen LogP contribution in [-0.4, -0.2) is 74.2 Å². The summed E-state index contributed by atoms with van der Waals surface area (Å²) in [5.74, 6) is -0.699. The zero-order valence-corrected chi connectivity index (χ0v) is 14.0. The number of nitrogens with two attached hydrogens (primary N) is 1. The van der Waals surface area contributed by atoms with Gasteiger partial charge in [0.2, 0.25) is 5.95 Å². The third-order valence-electron chi connectivity index (χ3n) is 4.05. The zero-order valence-electron chi connectivity index (χ0n) is 14.0. The molecule has 0 bridgehead atoms. The van der Waals surface area contributed by atoms with E-state index in [0.29, 0.717) is 19.6 Å². The Bertz CT molecular complexity index is 850. The van der Waals surface area contributed by atoms with Gasteiger partial charge in [0.05, 0.1) is 6.33 Å². The molecule has 12 nitrogen and oxygen atoms in total. The summed E-state index contributed by atoms with van der Waals surface area (Å²) in [4.78, 5) is 34.2. The van der Waals surface area contributed by atoms with E-state index in [1.54, 1.807) is 7.11 Å². The van der Waals surface area contributed by atoms with E-state index in [0.717, 1.165) is 0 Å². The number of ether oxygens (including phenoxy) is 2. The Hall–Kier alpha value is -2.54. The number of aliphatic hydroxyl groups excluding tert-OH is 2. The minimum absolute atomic E-state index is 0.00282. The highest BCUT2D eigenvalue weighted by Crippen LogP contribution is 2.31. The SMILES string of the molecule is COCCCNC(=O)[C@H]1O[C@@H](n2cnc3c(=O)[nH]c(N)nc32)[C@H](O)[C@@H]1O.